The fourth-order valence-corrected chi connectivity index (χ4v) is 4.89. The molecule has 0 unspecified atom stereocenters. The van der Waals surface area contributed by atoms with Crippen molar-refractivity contribution in [2.45, 2.75) is 6.61 Å². The smallest absolute Gasteiger partial charge is 0.356 e. The van der Waals surface area contributed by atoms with Gasteiger partial charge in [0.1, 0.15) is 12.2 Å². The number of carbonyl (C=O) groups excluding carboxylic acids is 1. The van der Waals surface area contributed by atoms with Gasteiger partial charge in [0.05, 0.1) is 15.7 Å². The van der Waals surface area contributed by atoms with E-state index in [0.29, 0.717) is 16.1 Å². The molecule has 2 aromatic heterocycles. The molecule has 0 atom stereocenters. The van der Waals surface area contributed by atoms with Gasteiger partial charge in [-0.25, -0.2) is 9.59 Å². The molecule has 0 radical (unpaired) electrons. The lowest BCUT2D eigenvalue weighted by atomic mass is 9.96. The van der Waals surface area contributed by atoms with Crippen molar-refractivity contribution >= 4 is 52.4 Å². The predicted molar refractivity (Wildman–Crippen MR) is 137 cm³/mol. The first kappa shape index (κ1) is 25.3. The molecule has 0 aliphatic carbocycles. The van der Waals surface area contributed by atoms with Crippen LogP contribution in [0.3, 0.4) is 0 Å². The molecule has 4 aromatic rings. The molecule has 2 heterocycles. The van der Waals surface area contributed by atoms with Crippen LogP contribution in [0.2, 0.25) is 10.0 Å². The zero-order chi connectivity index (χ0) is 26.1. The number of carboxylic acid groups (broad SMARTS) is 2. The van der Waals surface area contributed by atoms with E-state index in [-0.39, 0.29) is 34.2 Å². The molecule has 0 spiro atoms. The number of halogens is 2. The highest BCUT2D eigenvalue weighted by molar-refractivity contribution is 7.08. The van der Waals surface area contributed by atoms with Crippen LogP contribution in [0.15, 0.2) is 53.2 Å². The third kappa shape index (κ3) is 4.68. The highest BCUT2D eigenvalue weighted by Gasteiger charge is 2.33. The Labute approximate surface area is 219 Å². The van der Waals surface area contributed by atoms with Gasteiger partial charge in [-0.1, -0.05) is 35.3 Å². The number of rotatable bonds is 8. The number of carboxylic acids is 2. The number of benzene rings is 2. The summed E-state index contributed by atoms with van der Waals surface area (Å²) in [6.07, 6.45) is 0. The lowest BCUT2D eigenvalue weighted by Crippen LogP contribution is -2.14. The maximum Gasteiger partial charge on any atom is 0.356 e. The number of nitrogens with two attached hydrogens (primary N) is 1. The summed E-state index contributed by atoms with van der Waals surface area (Å²) >= 11 is 13.5. The molecule has 0 bridgehead atoms. The van der Waals surface area contributed by atoms with Crippen LogP contribution in [-0.2, 0) is 13.7 Å². The summed E-state index contributed by atoms with van der Waals surface area (Å²) in [4.78, 5) is 37.0. The minimum atomic E-state index is -1.44. The number of thiophene rings is 1. The number of primary amides is 1. The first-order chi connectivity index (χ1) is 17.1. The molecule has 4 rings (SSSR count). The van der Waals surface area contributed by atoms with Crippen LogP contribution in [-0.4, -0.2) is 32.6 Å². The summed E-state index contributed by atoms with van der Waals surface area (Å²) in [5.74, 6) is -4.01. The summed E-state index contributed by atoms with van der Waals surface area (Å²) in [7, 11) is 1.39. The van der Waals surface area contributed by atoms with Crippen LogP contribution in [0, 0.1) is 0 Å². The van der Waals surface area contributed by atoms with E-state index in [2.05, 4.69) is 0 Å². The number of hydrogen-bond donors (Lipinski definition) is 3. The maximum atomic E-state index is 12.5. The van der Waals surface area contributed by atoms with Crippen LogP contribution in [0.25, 0.3) is 22.4 Å². The van der Waals surface area contributed by atoms with E-state index in [9.17, 15) is 24.6 Å². The SMILES string of the molecule is Cn1c(C(=O)O)c(OCc2ccc(Cl)c(Cl)c2)c(C(=O)O)c1-c1cc(-c2ccsc2)ccc1C(N)=O. The largest absolute Gasteiger partial charge is 0.485 e. The van der Waals surface area contributed by atoms with Gasteiger partial charge in [-0.3, -0.25) is 4.79 Å². The standard InChI is InChI=1S/C25H18Cl2N2O6S/c1-29-20(16-9-13(14-6-7-36-11-14)3-4-15(16)23(28)30)19(24(31)32)22(21(29)25(33)34)35-10-12-2-5-17(26)18(27)8-12/h2-9,11H,10H2,1H3,(H2,28,30)(H,31,32)(H,33,34). The van der Waals surface area contributed by atoms with E-state index in [0.717, 1.165) is 5.56 Å². The predicted octanol–water partition coefficient (Wildman–Crippen LogP) is 5.80. The fourth-order valence-electron chi connectivity index (χ4n) is 3.90. The maximum absolute atomic E-state index is 12.5. The minimum Gasteiger partial charge on any atom is -0.485 e. The molecule has 8 nitrogen and oxygen atoms in total. The number of amides is 1. The Balaban J connectivity index is 1.94. The van der Waals surface area contributed by atoms with Gasteiger partial charge in [0.15, 0.2) is 11.4 Å². The van der Waals surface area contributed by atoms with Crippen molar-refractivity contribution in [1.29, 1.82) is 0 Å². The average Bonchev–Trinajstić information content (AvgIpc) is 3.45. The zero-order valence-electron chi connectivity index (χ0n) is 18.6. The van der Waals surface area contributed by atoms with Crippen LogP contribution in [0.4, 0.5) is 0 Å². The minimum absolute atomic E-state index is 0.0325. The Morgan fingerprint density at radius 1 is 1.00 bits per heavy atom. The summed E-state index contributed by atoms with van der Waals surface area (Å²) in [5, 5.41) is 24.5. The van der Waals surface area contributed by atoms with E-state index >= 15 is 0 Å². The molecule has 0 aliphatic rings. The van der Waals surface area contributed by atoms with Crippen molar-refractivity contribution in [2.75, 3.05) is 0 Å². The fraction of sp³-hybridized carbons (Fsp3) is 0.0800. The molecule has 1 amide bonds. The first-order valence-corrected chi connectivity index (χ1v) is 12.0. The topological polar surface area (TPSA) is 132 Å². The second kappa shape index (κ2) is 10.1. The van der Waals surface area contributed by atoms with Gasteiger partial charge in [-0.15, -0.1) is 0 Å². The van der Waals surface area contributed by atoms with Crippen LogP contribution >= 0.6 is 34.5 Å². The zero-order valence-corrected chi connectivity index (χ0v) is 20.9. The van der Waals surface area contributed by atoms with E-state index in [4.69, 9.17) is 33.7 Å². The normalized spacial score (nSPS) is 10.9. The quantitative estimate of drug-likeness (QED) is 0.256. The van der Waals surface area contributed by atoms with Crippen molar-refractivity contribution < 1.29 is 29.3 Å². The molecule has 2 aromatic carbocycles. The Morgan fingerprint density at radius 2 is 1.75 bits per heavy atom. The third-order valence-corrected chi connectivity index (χ3v) is 6.95. The highest BCUT2D eigenvalue weighted by Crippen LogP contribution is 2.40. The van der Waals surface area contributed by atoms with Crippen LogP contribution in [0.1, 0.15) is 36.8 Å². The van der Waals surface area contributed by atoms with Crippen molar-refractivity contribution in [1.82, 2.24) is 4.57 Å². The van der Waals surface area contributed by atoms with Gasteiger partial charge in [0.25, 0.3) is 0 Å². The summed E-state index contributed by atoms with van der Waals surface area (Å²) in [5.41, 5.74) is 7.03. The second-order valence-electron chi connectivity index (χ2n) is 7.74. The number of nitrogens with zero attached hydrogens (tertiary/aromatic N) is 1. The van der Waals surface area contributed by atoms with Gasteiger partial charge >= 0.3 is 11.9 Å². The molecule has 4 N–H and O–H groups in total. The number of hydrogen-bond acceptors (Lipinski definition) is 5. The van der Waals surface area contributed by atoms with Gasteiger partial charge in [0.2, 0.25) is 5.91 Å². The molecule has 11 heteroatoms. The number of aromatic carboxylic acids is 2. The lowest BCUT2D eigenvalue weighted by molar-refractivity contribution is 0.0681. The van der Waals surface area contributed by atoms with E-state index in [1.54, 1.807) is 24.3 Å². The lowest BCUT2D eigenvalue weighted by Gasteiger charge is -2.12. The van der Waals surface area contributed by atoms with E-state index < -0.39 is 29.1 Å². The summed E-state index contributed by atoms with van der Waals surface area (Å²) in [6, 6.07) is 11.3. The van der Waals surface area contributed by atoms with Crippen molar-refractivity contribution in [3.8, 4) is 28.1 Å². The molecule has 0 saturated carbocycles. The number of aromatic nitrogens is 1. The molecule has 0 aliphatic heterocycles. The van der Waals surface area contributed by atoms with Gasteiger partial charge in [0, 0.05) is 18.2 Å². The average molecular weight is 545 g/mol. The molecular weight excluding hydrogens is 527 g/mol. The molecule has 0 saturated heterocycles. The van der Waals surface area contributed by atoms with Crippen LogP contribution < -0.4 is 10.5 Å². The second-order valence-corrected chi connectivity index (χ2v) is 9.34. The highest BCUT2D eigenvalue weighted by atomic mass is 35.5. The monoisotopic (exact) mass is 544 g/mol. The van der Waals surface area contributed by atoms with Gasteiger partial charge in [-0.05, 0) is 57.8 Å². The molecule has 0 fully saturated rings. The Kier molecular flexibility index (Phi) is 7.07. The van der Waals surface area contributed by atoms with Gasteiger partial charge in [-0.2, -0.15) is 11.3 Å². The first-order valence-electron chi connectivity index (χ1n) is 10.3. The summed E-state index contributed by atoms with van der Waals surface area (Å²) in [6.45, 7) is -0.182. The Bertz CT molecular complexity index is 1510. The number of ether oxygens (including phenoxy) is 1. The summed E-state index contributed by atoms with van der Waals surface area (Å²) < 4.78 is 6.93. The molecule has 184 valence electrons. The Hall–Kier alpha value is -3.79. The van der Waals surface area contributed by atoms with Crippen molar-refractivity contribution in [3.63, 3.8) is 0 Å². The van der Waals surface area contributed by atoms with Gasteiger partial charge < -0.3 is 25.3 Å². The van der Waals surface area contributed by atoms with E-state index in [1.807, 2.05) is 16.8 Å². The van der Waals surface area contributed by atoms with Crippen molar-refractivity contribution in [3.05, 3.63) is 85.7 Å². The van der Waals surface area contributed by atoms with E-state index in [1.165, 1.54) is 35.1 Å². The van der Waals surface area contributed by atoms with Crippen LogP contribution in [0.5, 0.6) is 5.75 Å². The Morgan fingerprint density at radius 3 is 2.33 bits per heavy atom. The van der Waals surface area contributed by atoms with Crippen molar-refractivity contribution in [2.24, 2.45) is 12.8 Å². The molecular formula is C25H18Cl2N2O6S. The third-order valence-electron chi connectivity index (χ3n) is 5.53. The molecule has 36 heavy (non-hydrogen) atoms. The number of carbonyl (C=O) groups is 3.